The standard InChI is InChI=1S/C17H17NO4S/c1-2-22-16(19)17(12-13-8-4-3-5-9-13)14-10-6-7-11-15(14)23(20,21)18-17/h3-11,18H,2,12H2,1H3/t17-/m1/s1. The fraction of sp³-hybridized carbons (Fsp3) is 0.235. The van der Waals surface area contributed by atoms with Gasteiger partial charge in [0.05, 0.1) is 11.5 Å². The van der Waals surface area contributed by atoms with Gasteiger partial charge in [-0.15, -0.1) is 0 Å². The smallest absolute Gasteiger partial charge is 0.332 e. The van der Waals surface area contributed by atoms with Crippen molar-refractivity contribution in [2.45, 2.75) is 23.8 Å². The number of sulfonamides is 1. The van der Waals surface area contributed by atoms with E-state index < -0.39 is 21.5 Å². The summed E-state index contributed by atoms with van der Waals surface area (Å²) in [6.45, 7) is 1.88. The third kappa shape index (κ3) is 2.64. The second kappa shape index (κ2) is 5.79. The first-order chi connectivity index (χ1) is 11.0. The van der Waals surface area contributed by atoms with Gasteiger partial charge >= 0.3 is 5.97 Å². The van der Waals surface area contributed by atoms with Crippen LogP contribution in [-0.4, -0.2) is 21.0 Å². The van der Waals surface area contributed by atoms with Crippen molar-refractivity contribution in [1.82, 2.24) is 4.72 Å². The molecule has 1 N–H and O–H groups in total. The zero-order valence-electron chi connectivity index (χ0n) is 12.7. The molecule has 1 atom stereocenters. The molecule has 120 valence electrons. The molecule has 0 spiro atoms. The van der Waals surface area contributed by atoms with Gasteiger partial charge in [-0.1, -0.05) is 48.5 Å². The van der Waals surface area contributed by atoms with Crippen LogP contribution in [0.4, 0.5) is 0 Å². The number of hydrogen-bond donors (Lipinski definition) is 1. The quantitative estimate of drug-likeness (QED) is 0.870. The Morgan fingerprint density at radius 2 is 1.74 bits per heavy atom. The van der Waals surface area contributed by atoms with E-state index in [0.717, 1.165) is 5.56 Å². The van der Waals surface area contributed by atoms with E-state index in [9.17, 15) is 13.2 Å². The van der Waals surface area contributed by atoms with Crippen molar-refractivity contribution in [3.63, 3.8) is 0 Å². The van der Waals surface area contributed by atoms with Crippen LogP contribution >= 0.6 is 0 Å². The van der Waals surface area contributed by atoms with Gasteiger partial charge in [0.2, 0.25) is 10.0 Å². The minimum atomic E-state index is -3.75. The van der Waals surface area contributed by atoms with Crippen molar-refractivity contribution >= 4 is 16.0 Å². The normalized spacial score (nSPS) is 21.6. The lowest BCUT2D eigenvalue weighted by Gasteiger charge is -2.27. The average molecular weight is 331 g/mol. The third-order valence-electron chi connectivity index (χ3n) is 3.88. The van der Waals surface area contributed by atoms with Crippen LogP contribution in [0.5, 0.6) is 0 Å². The van der Waals surface area contributed by atoms with Crippen molar-refractivity contribution in [3.8, 4) is 0 Å². The molecular formula is C17H17NO4S. The molecule has 0 radical (unpaired) electrons. The summed E-state index contributed by atoms with van der Waals surface area (Å²) in [5.74, 6) is -0.586. The number of nitrogens with one attached hydrogen (secondary N) is 1. The van der Waals surface area contributed by atoms with Crippen LogP contribution in [0.15, 0.2) is 59.5 Å². The number of hydrogen-bond acceptors (Lipinski definition) is 4. The predicted octanol–water partition coefficient (Wildman–Crippen LogP) is 1.98. The first-order valence-electron chi connectivity index (χ1n) is 7.34. The molecular weight excluding hydrogens is 314 g/mol. The Balaban J connectivity index is 2.17. The maximum absolute atomic E-state index is 12.7. The Morgan fingerprint density at radius 1 is 1.09 bits per heavy atom. The van der Waals surface area contributed by atoms with Crippen molar-refractivity contribution in [3.05, 3.63) is 65.7 Å². The summed E-state index contributed by atoms with van der Waals surface area (Å²) in [6.07, 6.45) is 0.197. The molecule has 1 aliphatic rings. The molecule has 6 heteroatoms. The van der Waals surface area contributed by atoms with Gasteiger partial charge in [-0.3, -0.25) is 0 Å². The third-order valence-corrected chi connectivity index (χ3v) is 5.43. The topological polar surface area (TPSA) is 72.5 Å². The largest absolute Gasteiger partial charge is 0.464 e. The van der Waals surface area contributed by atoms with Gasteiger partial charge in [0.15, 0.2) is 5.54 Å². The van der Waals surface area contributed by atoms with Crippen molar-refractivity contribution in [1.29, 1.82) is 0 Å². The number of carbonyl (C=O) groups is 1. The monoisotopic (exact) mass is 331 g/mol. The summed E-state index contributed by atoms with van der Waals surface area (Å²) in [4.78, 5) is 12.8. The fourth-order valence-corrected chi connectivity index (χ4v) is 4.53. The van der Waals surface area contributed by atoms with Crippen LogP contribution in [0.25, 0.3) is 0 Å². The zero-order chi connectivity index (χ0) is 16.5. The Kier molecular flexibility index (Phi) is 3.95. The Morgan fingerprint density at radius 3 is 2.43 bits per heavy atom. The summed E-state index contributed by atoms with van der Waals surface area (Å²) >= 11 is 0. The van der Waals surface area contributed by atoms with Crippen LogP contribution < -0.4 is 4.72 Å². The van der Waals surface area contributed by atoms with Crippen LogP contribution in [0, 0.1) is 0 Å². The summed E-state index contributed by atoms with van der Waals surface area (Å²) in [7, 11) is -3.75. The first-order valence-corrected chi connectivity index (χ1v) is 8.82. The van der Waals surface area contributed by atoms with Crippen molar-refractivity contribution in [2.75, 3.05) is 6.61 Å². The maximum Gasteiger partial charge on any atom is 0.332 e. The minimum Gasteiger partial charge on any atom is -0.464 e. The number of esters is 1. The molecule has 2 aromatic carbocycles. The van der Waals surface area contributed by atoms with Gasteiger partial charge in [0.25, 0.3) is 0 Å². The van der Waals surface area contributed by atoms with Gasteiger partial charge in [0.1, 0.15) is 0 Å². The molecule has 3 rings (SSSR count). The van der Waals surface area contributed by atoms with Crippen molar-refractivity contribution in [2.24, 2.45) is 0 Å². The van der Waals surface area contributed by atoms with Crippen LogP contribution in [-0.2, 0) is 31.5 Å². The molecule has 0 saturated heterocycles. The zero-order valence-corrected chi connectivity index (χ0v) is 13.5. The van der Waals surface area contributed by atoms with E-state index in [2.05, 4.69) is 4.72 Å². The van der Waals surface area contributed by atoms with E-state index in [0.29, 0.717) is 5.56 Å². The highest BCUT2D eigenvalue weighted by molar-refractivity contribution is 7.90. The molecule has 0 fully saturated rings. The maximum atomic E-state index is 12.7. The summed E-state index contributed by atoms with van der Waals surface area (Å²) in [5.41, 5.74) is -0.144. The van der Waals surface area contributed by atoms with Gasteiger partial charge in [-0.25, -0.2) is 13.2 Å². The minimum absolute atomic E-state index is 0.129. The van der Waals surface area contributed by atoms with Gasteiger partial charge in [0, 0.05) is 12.0 Å². The van der Waals surface area contributed by atoms with E-state index in [-0.39, 0.29) is 17.9 Å². The lowest BCUT2D eigenvalue weighted by Crippen LogP contribution is -2.49. The second-order valence-corrected chi connectivity index (χ2v) is 7.04. The van der Waals surface area contributed by atoms with E-state index in [1.807, 2.05) is 30.3 Å². The highest BCUT2D eigenvalue weighted by Gasteiger charge is 2.52. The molecule has 1 aliphatic heterocycles. The lowest BCUT2D eigenvalue weighted by atomic mass is 9.84. The second-order valence-electron chi connectivity index (χ2n) is 5.39. The number of ether oxygens (including phenoxy) is 1. The molecule has 1 heterocycles. The van der Waals surface area contributed by atoms with Crippen LogP contribution in [0.2, 0.25) is 0 Å². The van der Waals surface area contributed by atoms with E-state index in [4.69, 9.17) is 4.74 Å². The lowest BCUT2D eigenvalue weighted by molar-refractivity contribution is -0.150. The molecule has 0 bridgehead atoms. The van der Waals surface area contributed by atoms with Crippen LogP contribution in [0.3, 0.4) is 0 Å². The molecule has 2 aromatic rings. The molecule has 0 unspecified atom stereocenters. The molecule has 5 nitrogen and oxygen atoms in total. The van der Waals surface area contributed by atoms with E-state index in [1.54, 1.807) is 25.1 Å². The SMILES string of the molecule is CCOC(=O)[C@]1(Cc2ccccc2)NS(=O)(=O)c2ccccc21. The first kappa shape index (κ1) is 15.7. The predicted molar refractivity (Wildman–Crippen MR) is 85.2 cm³/mol. The number of fused-ring (bicyclic) bond motifs is 1. The Hall–Kier alpha value is -2.18. The van der Waals surface area contributed by atoms with Gasteiger partial charge < -0.3 is 4.74 Å². The van der Waals surface area contributed by atoms with Crippen molar-refractivity contribution < 1.29 is 17.9 Å². The van der Waals surface area contributed by atoms with E-state index in [1.165, 1.54) is 6.07 Å². The number of rotatable bonds is 4. The van der Waals surface area contributed by atoms with Gasteiger partial charge in [-0.2, -0.15) is 4.72 Å². The molecule has 0 aromatic heterocycles. The number of carbonyl (C=O) groups excluding carboxylic acids is 1. The summed E-state index contributed by atoms with van der Waals surface area (Å²) in [5, 5.41) is 0. The number of benzene rings is 2. The Bertz CT molecular complexity index is 833. The van der Waals surface area contributed by atoms with Gasteiger partial charge in [-0.05, 0) is 18.6 Å². The molecule has 0 aliphatic carbocycles. The highest BCUT2D eigenvalue weighted by Crippen LogP contribution is 2.39. The summed E-state index contributed by atoms with van der Waals surface area (Å²) < 4.78 is 32.6. The van der Waals surface area contributed by atoms with Crippen LogP contribution in [0.1, 0.15) is 18.1 Å². The molecule has 23 heavy (non-hydrogen) atoms. The summed E-state index contributed by atoms with van der Waals surface area (Å²) in [6, 6.07) is 15.8. The molecule has 0 saturated carbocycles. The highest BCUT2D eigenvalue weighted by atomic mass is 32.2. The average Bonchev–Trinajstić information content (AvgIpc) is 2.78. The Labute approximate surface area is 135 Å². The molecule has 0 amide bonds. The fourth-order valence-electron chi connectivity index (χ4n) is 2.90. The van der Waals surface area contributed by atoms with E-state index >= 15 is 0 Å².